The quantitative estimate of drug-likeness (QED) is 0.124. The zero-order valence-electron chi connectivity index (χ0n) is 23.3. The van der Waals surface area contributed by atoms with Crippen molar-refractivity contribution >= 4 is 0 Å². The summed E-state index contributed by atoms with van der Waals surface area (Å²) in [6.07, 6.45) is 38.1. The van der Waals surface area contributed by atoms with Crippen molar-refractivity contribution in [2.45, 2.75) is 175 Å². The third kappa shape index (κ3) is 16.6. The van der Waals surface area contributed by atoms with E-state index in [1.54, 1.807) is 0 Å². The van der Waals surface area contributed by atoms with Crippen LogP contribution in [0.3, 0.4) is 0 Å². The van der Waals surface area contributed by atoms with Gasteiger partial charge in [0.05, 0.1) is 0 Å². The van der Waals surface area contributed by atoms with Gasteiger partial charge in [0.25, 0.3) is 0 Å². The molecule has 1 aliphatic heterocycles. The molecule has 1 heterocycles. The van der Waals surface area contributed by atoms with Crippen molar-refractivity contribution in [3.8, 4) is 0 Å². The van der Waals surface area contributed by atoms with Gasteiger partial charge in [0.2, 0.25) is 0 Å². The number of hydrogen-bond donors (Lipinski definition) is 0. The van der Waals surface area contributed by atoms with E-state index in [1.165, 1.54) is 161 Å². The Morgan fingerprint density at radius 2 is 0.697 bits per heavy atom. The van der Waals surface area contributed by atoms with E-state index in [1.807, 2.05) is 0 Å². The van der Waals surface area contributed by atoms with Crippen LogP contribution in [-0.2, 0) is 0 Å². The van der Waals surface area contributed by atoms with Crippen LogP contribution in [0, 0.1) is 0 Å². The maximum absolute atomic E-state index is 2.65. The Labute approximate surface area is 210 Å². The summed E-state index contributed by atoms with van der Waals surface area (Å²) in [5, 5.41) is 0. The van der Waals surface area contributed by atoms with E-state index >= 15 is 0 Å². The molecule has 0 fully saturated rings. The SMILES string of the molecule is CCCCCCCCCCCCCCN1C=CN(CCCCCCCCCCC)C1CCC. The Balaban J connectivity index is 2.02. The monoisotopic (exact) mass is 462 g/mol. The maximum atomic E-state index is 2.65. The molecule has 1 rings (SSSR count). The number of unbranched alkanes of at least 4 members (excludes halogenated alkanes) is 19. The lowest BCUT2D eigenvalue weighted by Gasteiger charge is -2.33. The first-order valence-electron chi connectivity index (χ1n) is 15.5. The maximum Gasteiger partial charge on any atom is 0.101 e. The summed E-state index contributed by atoms with van der Waals surface area (Å²) in [7, 11) is 0. The fourth-order valence-electron chi connectivity index (χ4n) is 5.34. The van der Waals surface area contributed by atoms with Crippen LogP contribution in [-0.4, -0.2) is 29.1 Å². The van der Waals surface area contributed by atoms with Crippen LogP contribution in [0.2, 0.25) is 0 Å². The average molecular weight is 463 g/mol. The number of hydrogen-bond acceptors (Lipinski definition) is 2. The molecular formula is C31H62N2. The molecule has 1 aliphatic rings. The van der Waals surface area contributed by atoms with Gasteiger partial charge in [-0.1, -0.05) is 149 Å². The fourth-order valence-corrected chi connectivity index (χ4v) is 5.34. The van der Waals surface area contributed by atoms with Gasteiger partial charge in [-0.2, -0.15) is 0 Å². The van der Waals surface area contributed by atoms with Gasteiger partial charge >= 0.3 is 0 Å². The molecule has 1 unspecified atom stereocenters. The van der Waals surface area contributed by atoms with Gasteiger partial charge in [-0.3, -0.25) is 0 Å². The lowest BCUT2D eigenvalue weighted by atomic mass is 10.1. The lowest BCUT2D eigenvalue weighted by Crippen LogP contribution is -2.39. The molecule has 0 aromatic rings. The van der Waals surface area contributed by atoms with Crippen molar-refractivity contribution < 1.29 is 0 Å². The molecule has 0 radical (unpaired) electrons. The minimum atomic E-state index is 0.636. The van der Waals surface area contributed by atoms with Crippen molar-refractivity contribution in [2.75, 3.05) is 13.1 Å². The second kappa shape index (κ2) is 23.1. The molecule has 0 saturated carbocycles. The highest BCUT2D eigenvalue weighted by Gasteiger charge is 2.24. The summed E-state index contributed by atoms with van der Waals surface area (Å²) in [4.78, 5) is 5.29. The molecular weight excluding hydrogens is 400 g/mol. The normalized spacial score (nSPS) is 15.8. The Morgan fingerprint density at radius 1 is 0.394 bits per heavy atom. The highest BCUT2D eigenvalue weighted by atomic mass is 15.4. The minimum absolute atomic E-state index is 0.636. The first kappa shape index (κ1) is 30.4. The predicted molar refractivity (Wildman–Crippen MR) is 150 cm³/mol. The fraction of sp³-hybridized carbons (Fsp3) is 0.935. The van der Waals surface area contributed by atoms with Gasteiger partial charge in [0.15, 0.2) is 0 Å². The second-order valence-corrected chi connectivity index (χ2v) is 10.8. The molecule has 0 aromatic heterocycles. The highest BCUT2D eigenvalue weighted by molar-refractivity contribution is 4.96. The average Bonchev–Trinajstić information content (AvgIpc) is 3.20. The van der Waals surface area contributed by atoms with E-state index in [0.29, 0.717) is 6.17 Å². The molecule has 0 N–H and O–H groups in total. The molecule has 0 aliphatic carbocycles. The molecule has 0 spiro atoms. The molecule has 196 valence electrons. The summed E-state index contributed by atoms with van der Waals surface area (Å²) in [5.74, 6) is 0. The molecule has 0 amide bonds. The van der Waals surface area contributed by atoms with Crippen LogP contribution in [0.5, 0.6) is 0 Å². The van der Waals surface area contributed by atoms with Crippen LogP contribution in [0.25, 0.3) is 0 Å². The summed E-state index contributed by atoms with van der Waals surface area (Å²) in [6.45, 7) is 9.47. The molecule has 0 aromatic carbocycles. The first-order chi connectivity index (χ1) is 16.3. The Kier molecular flexibility index (Phi) is 21.3. The Bertz CT molecular complexity index is 419. The number of nitrogens with zero attached hydrogens (tertiary/aromatic N) is 2. The van der Waals surface area contributed by atoms with Crippen molar-refractivity contribution in [2.24, 2.45) is 0 Å². The van der Waals surface area contributed by atoms with Gasteiger partial charge in [0, 0.05) is 25.5 Å². The second-order valence-electron chi connectivity index (χ2n) is 10.8. The van der Waals surface area contributed by atoms with E-state index in [0.717, 1.165) is 0 Å². The zero-order chi connectivity index (χ0) is 23.8. The van der Waals surface area contributed by atoms with Crippen molar-refractivity contribution in [3.05, 3.63) is 12.4 Å². The van der Waals surface area contributed by atoms with Gasteiger partial charge < -0.3 is 9.80 Å². The van der Waals surface area contributed by atoms with Gasteiger partial charge in [-0.05, 0) is 19.3 Å². The van der Waals surface area contributed by atoms with Crippen molar-refractivity contribution in [1.29, 1.82) is 0 Å². The van der Waals surface area contributed by atoms with Crippen LogP contribution in [0.4, 0.5) is 0 Å². The molecule has 0 saturated heterocycles. The summed E-state index contributed by atoms with van der Waals surface area (Å²) in [5.41, 5.74) is 0. The molecule has 2 heteroatoms. The zero-order valence-corrected chi connectivity index (χ0v) is 23.3. The third-order valence-electron chi connectivity index (χ3n) is 7.55. The standard InChI is InChI=1S/C31H62N2/c1-4-7-9-11-13-15-16-17-19-21-23-25-28-33-30-29-32(31(33)26-6-3)27-24-22-20-18-14-12-10-8-5-2/h29-31H,4-28H2,1-3H3. The predicted octanol–water partition coefficient (Wildman–Crippen LogP) is 10.4. The van der Waals surface area contributed by atoms with Crippen LogP contribution >= 0.6 is 0 Å². The summed E-state index contributed by atoms with van der Waals surface area (Å²) < 4.78 is 0. The van der Waals surface area contributed by atoms with Crippen molar-refractivity contribution in [3.63, 3.8) is 0 Å². The van der Waals surface area contributed by atoms with Crippen LogP contribution in [0.1, 0.15) is 168 Å². The third-order valence-corrected chi connectivity index (χ3v) is 7.55. The Hall–Kier alpha value is -0.660. The minimum Gasteiger partial charge on any atom is -0.356 e. The van der Waals surface area contributed by atoms with Crippen molar-refractivity contribution in [1.82, 2.24) is 9.80 Å². The van der Waals surface area contributed by atoms with E-state index in [4.69, 9.17) is 0 Å². The van der Waals surface area contributed by atoms with Crippen LogP contribution < -0.4 is 0 Å². The van der Waals surface area contributed by atoms with Crippen LogP contribution in [0.15, 0.2) is 12.4 Å². The highest BCUT2D eigenvalue weighted by Crippen LogP contribution is 2.22. The molecule has 0 bridgehead atoms. The first-order valence-corrected chi connectivity index (χ1v) is 15.5. The number of rotatable bonds is 25. The van der Waals surface area contributed by atoms with Gasteiger partial charge in [-0.15, -0.1) is 0 Å². The lowest BCUT2D eigenvalue weighted by molar-refractivity contribution is 0.138. The Morgan fingerprint density at radius 3 is 1.00 bits per heavy atom. The summed E-state index contributed by atoms with van der Waals surface area (Å²) >= 11 is 0. The smallest absolute Gasteiger partial charge is 0.101 e. The van der Waals surface area contributed by atoms with E-state index in [-0.39, 0.29) is 0 Å². The van der Waals surface area contributed by atoms with E-state index in [9.17, 15) is 0 Å². The molecule has 1 atom stereocenters. The van der Waals surface area contributed by atoms with E-state index in [2.05, 4.69) is 43.0 Å². The van der Waals surface area contributed by atoms with Gasteiger partial charge in [-0.25, -0.2) is 0 Å². The van der Waals surface area contributed by atoms with E-state index < -0.39 is 0 Å². The topological polar surface area (TPSA) is 6.48 Å². The summed E-state index contributed by atoms with van der Waals surface area (Å²) in [6, 6.07) is 0. The van der Waals surface area contributed by atoms with Gasteiger partial charge in [0.1, 0.15) is 6.17 Å². The molecule has 2 nitrogen and oxygen atoms in total. The molecule has 33 heavy (non-hydrogen) atoms. The largest absolute Gasteiger partial charge is 0.356 e.